The number of hydrogen-bond acceptors (Lipinski definition) is 1. The summed E-state index contributed by atoms with van der Waals surface area (Å²) in [5.74, 6) is 0. The van der Waals surface area contributed by atoms with Gasteiger partial charge in [0.15, 0.2) is 0 Å². The zero-order chi connectivity index (χ0) is 45.0. The van der Waals surface area contributed by atoms with E-state index in [0.29, 0.717) is 0 Å². The summed E-state index contributed by atoms with van der Waals surface area (Å²) in [6, 6.07) is 97.5. The molecular weight excluding hydrogens is 821 g/mol. The Kier molecular flexibility index (Phi) is 9.54. The molecular formula is C66H44N2. The zero-order valence-corrected chi connectivity index (χ0v) is 37.3. The molecule has 1 heterocycles. The smallest absolute Gasteiger partial charge is 0.0541 e. The minimum absolute atomic E-state index is 1.08. The Hall–Kier alpha value is -8.98. The summed E-state index contributed by atoms with van der Waals surface area (Å²) in [4.78, 5) is 2.43. The average molecular weight is 865 g/mol. The second-order valence-corrected chi connectivity index (χ2v) is 17.6. The molecule has 0 aliphatic carbocycles. The Morgan fingerprint density at radius 2 is 0.721 bits per heavy atom. The van der Waals surface area contributed by atoms with Gasteiger partial charge in [0.05, 0.1) is 16.7 Å². The van der Waals surface area contributed by atoms with Crippen LogP contribution >= 0.6 is 0 Å². The SMILES string of the molecule is c1ccc(-c2c3ccccc3c(-c3ccc(N(c4ccc(-c5cccc6ccccc56)cc4)c4ccccc4-c4ccc5c(c4)c4ccccc4n5-c4ccccc4)cc3)c3ccccc23)cc1. The van der Waals surface area contributed by atoms with Crippen molar-refractivity contribution in [2.45, 2.75) is 0 Å². The van der Waals surface area contributed by atoms with Crippen molar-refractivity contribution in [2.24, 2.45) is 0 Å². The Morgan fingerprint density at radius 1 is 0.265 bits per heavy atom. The van der Waals surface area contributed by atoms with E-state index in [-0.39, 0.29) is 0 Å². The fourth-order valence-corrected chi connectivity index (χ4v) is 10.7. The molecule has 0 aliphatic heterocycles. The Balaban J connectivity index is 0.984. The summed E-state index contributed by atoms with van der Waals surface area (Å²) in [6.07, 6.45) is 0. The van der Waals surface area contributed by atoms with E-state index in [1.165, 1.54) is 87.5 Å². The van der Waals surface area contributed by atoms with Gasteiger partial charge >= 0.3 is 0 Å². The van der Waals surface area contributed by atoms with E-state index in [2.05, 4.69) is 276 Å². The second kappa shape index (κ2) is 16.5. The molecule has 12 aromatic carbocycles. The van der Waals surface area contributed by atoms with E-state index in [0.717, 1.165) is 33.9 Å². The largest absolute Gasteiger partial charge is 0.310 e. The molecule has 2 nitrogen and oxygen atoms in total. The van der Waals surface area contributed by atoms with Gasteiger partial charge in [0.2, 0.25) is 0 Å². The maximum Gasteiger partial charge on any atom is 0.0541 e. The molecule has 0 fully saturated rings. The Labute approximate surface area is 395 Å². The van der Waals surface area contributed by atoms with Gasteiger partial charge in [-0.15, -0.1) is 0 Å². The van der Waals surface area contributed by atoms with Crippen LogP contribution in [-0.2, 0) is 0 Å². The van der Waals surface area contributed by atoms with Crippen molar-refractivity contribution in [3.8, 4) is 50.2 Å². The number of aromatic nitrogens is 1. The fourth-order valence-electron chi connectivity index (χ4n) is 10.7. The number of rotatable bonds is 8. The van der Waals surface area contributed by atoms with Crippen LogP contribution in [0.3, 0.4) is 0 Å². The highest BCUT2D eigenvalue weighted by Gasteiger charge is 2.21. The first kappa shape index (κ1) is 39.4. The first-order chi connectivity index (χ1) is 33.8. The molecule has 0 unspecified atom stereocenters. The predicted octanol–water partition coefficient (Wildman–Crippen LogP) is 18.4. The van der Waals surface area contributed by atoms with E-state index in [1.807, 2.05) is 0 Å². The highest BCUT2D eigenvalue weighted by Crippen LogP contribution is 2.47. The second-order valence-electron chi connectivity index (χ2n) is 17.6. The predicted molar refractivity (Wildman–Crippen MR) is 290 cm³/mol. The lowest BCUT2D eigenvalue weighted by Gasteiger charge is -2.28. The van der Waals surface area contributed by atoms with Crippen molar-refractivity contribution in [2.75, 3.05) is 4.90 Å². The van der Waals surface area contributed by atoms with Crippen molar-refractivity contribution in [3.63, 3.8) is 0 Å². The maximum absolute atomic E-state index is 2.43. The normalized spacial score (nSPS) is 11.5. The van der Waals surface area contributed by atoms with Crippen LogP contribution in [0.1, 0.15) is 0 Å². The molecule has 0 saturated heterocycles. The molecule has 0 N–H and O–H groups in total. The Bertz CT molecular complexity index is 3940. The van der Waals surface area contributed by atoms with Crippen LogP contribution in [-0.4, -0.2) is 4.57 Å². The molecule has 0 bridgehead atoms. The van der Waals surface area contributed by atoms with E-state index in [1.54, 1.807) is 0 Å². The van der Waals surface area contributed by atoms with Gasteiger partial charge in [0.1, 0.15) is 0 Å². The molecule has 0 radical (unpaired) electrons. The summed E-state index contributed by atoms with van der Waals surface area (Å²) in [6.45, 7) is 0. The summed E-state index contributed by atoms with van der Waals surface area (Å²) in [5.41, 5.74) is 16.5. The topological polar surface area (TPSA) is 8.17 Å². The lowest BCUT2D eigenvalue weighted by Crippen LogP contribution is -2.11. The summed E-state index contributed by atoms with van der Waals surface area (Å²) >= 11 is 0. The minimum atomic E-state index is 1.08. The van der Waals surface area contributed by atoms with Crippen LogP contribution < -0.4 is 4.90 Å². The summed E-state index contributed by atoms with van der Waals surface area (Å²) in [7, 11) is 0. The molecule has 2 heteroatoms. The van der Waals surface area contributed by atoms with Crippen LogP contribution in [0.15, 0.2) is 267 Å². The number of benzene rings is 12. The van der Waals surface area contributed by atoms with Crippen molar-refractivity contribution < 1.29 is 0 Å². The van der Waals surface area contributed by atoms with E-state index >= 15 is 0 Å². The number of nitrogens with zero attached hydrogens (tertiary/aromatic N) is 2. The third-order valence-electron chi connectivity index (χ3n) is 13.8. The molecule has 13 aromatic rings. The molecule has 0 aliphatic rings. The van der Waals surface area contributed by atoms with Gasteiger partial charge in [-0.05, 0) is 132 Å². The van der Waals surface area contributed by atoms with Crippen LogP contribution in [0.2, 0.25) is 0 Å². The highest BCUT2D eigenvalue weighted by molar-refractivity contribution is 6.21. The number of anilines is 3. The molecule has 0 saturated carbocycles. The first-order valence-electron chi connectivity index (χ1n) is 23.4. The van der Waals surface area contributed by atoms with Crippen molar-refractivity contribution in [1.82, 2.24) is 4.57 Å². The molecule has 0 atom stereocenters. The third-order valence-corrected chi connectivity index (χ3v) is 13.8. The first-order valence-corrected chi connectivity index (χ1v) is 23.4. The molecule has 318 valence electrons. The van der Waals surface area contributed by atoms with Crippen LogP contribution in [0.25, 0.3) is 104 Å². The van der Waals surface area contributed by atoms with Gasteiger partial charge in [-0.2, -0.15) is 0 Å². The van der Waals surface area contributed by atoms with Gasteiger partial charge in [0.25, 0.3) is 0 Å². The zero-order valence-electron chi connectivity index (χ0n) is 37.3. The van der Waals surface area contributed by atoms with E-state index in [9.17, 15) is 0 Å². The number of fused-ring (bicyclic) bond motifs is 6. The third kappa shape index (κ3) is 6.57. The van der Waals surface area contributed by atoms with Gasteiger partial charge in [-0.3, -0.25) is 0 Å². The summed E-state index contributed by atoms with van der Waals surface area (Å²) in [5, 5.41) is 9.94. The fraction of sp³-hybridized carbons (Fsp3) is 0. The lowest BCUT2D eigenvalue weighted by atomic mass is 9.86. The minimum Gasteiger partial charge on any atom is -0.310 e. The van der Waals surface area contributed by atoms with Crippen molar-refractivity contribution in [1.29, 1.82) is 0 Å². The van der Waals surface area contributed by atoms with E-state index in [4.69, 9.17) is 0 Å². The monoisotopic (exact) mass is 864 g/mol. The van der Waals surface area contributed by atoms with Crippen molar-refractivity contribution >= 4 is 71.2 Å². The molecule has 0 amide bonds. The molecule has 68 heavy (non-hydrogen) atoms. The highest BCUT2D eigenvalue weighted by atomic mass is 15.1. The summed E-state index contributed by atoms with van der Waals surface area (Å²) < 4.78 is 2.38. The van der Waals surface area contributed by atoms with Gasteiger partial charge in [-0.1, -0.05) is 206 Å². The van der Waals surface area contributed by atoms with Gasteiger partial charge in [-0.25, -0.2) is 0 Å². The number of hydrogen-bond donors (Lipinski definition) is 0. The maximum atomic E-state index is 2.43. The van der Waals surface area contributed by atoms with Crippen molar-refractivity contribution in [3.05, 3.63) is 267 Å². The molecule has 0 spiro atoms. The molecule has 13 rings (SSSR count). The van der Waals surface area contributed by atoms with E-state index < -0.39 is 0 Å². The van der Waals surface area contributed by atoms with Crippen LogP contribution in [0.5, 0.6) is 0 Å². The average Bonchev–Trinajstić information content (AvgIpc) is 3.75. The Morgan fingerprint density at radius 3 is 1.38 bits per heavy atom. The van der Waals surface area contributed by atoms with Crippen LogP contribution in [0, 0.1) is 0 Å². The number of para-hydroxylation sites is 3. The van der Waals surface area contributed by atoms with Crippen LogP contribution in [0.4, 0.5) is 17.1 Å². The lowest BCUT2D eigenvalue weighted by molar-refractivity contribution is 1.18. The standard InChI is InChI=1S/C66H44N2/c1-3-19-47(20-4-1)65-57-27-9-11-29-59(57)66(60-30-12-10-28-58(60)65)48-36-41-52(42-37-48)67(51-39-34-46(35-40-51)54-31-17-21-45-18-7-8-24-53(45)54)62-32-15-13-25-55(62)49-38-43-64-61(44-49)56-26-14-16-33-63(56)68(64)50-22-5-2-6-23-50/h1-44H. The molecule has 1 aromatic heterocycles. The van der Waals surface area contributed by atoms with Gasteiger partial charge in [0, 0.05) is 33.4 Å². The van der Waals surface area contributed by atoms with Gasteiger partial charge < -0.3 is 9.47 Å². The quantitative estimate of drug-likeness (QED) is 0.138.